The molecule has 1 atom stereocenters. The summed E-state index contributed by atoms with van der Waals surface area (Å²) >= 11 is 7.07. The molecule has 31 heavy (non-hydrogen) atoms. The van der Waals surface area contributed by atoms with Crippen molar-refractivity contribution in [3.8, 4) is 0 Å². The summed E-state index contributed by atoms with van der Waals surface area (Å²) in [6, 6.07) is 8.62. The molecule has 4 rings (SSSR count). The van der Waals surface area contributed by atoms with Gasteiger partial charge in [-0.1, -0.05) is 11.6 Å². The minimum atomic E-state index is -1.17. The van der Waals surface area contributed by atoms with Crippen molar-refractivity contribution < 1.29 is 23.9 Å². The van der Waals surface area contributed by atoms with Gasteiger partial charge >= 0.3 is 0 Å². The first kappa shape index (κ1) is 21.8. The van der Waals surface area contributed by atoms with Gasteiger partial charge in [-0.05, 0) is 42.8 Å². The Morgan fingerprint density at radius 2 is 2.03 bits per heavy atom. The molecule has 0 unspecified atom stereocenters. The number of thiophene rings is 1. The molecule has 2 aromatic rings. The van der Waals surface area contributed by atoms with Crippen molar-refractivity contribution in [1.82, 2.24) is 5.32 Å². The van der Waals surface area contributed by atoms with Crippen molar-refractivity contribution in [3.63, 3.8) is 0 Å². The number of morpholine rings is 1. The number of nitrogens with one attached hydrogen (secondary N) is 2. The molecule has 0 bridgehead atoms. The zero-order valence-corrected chi connectivity index (χ0v) is 18.5. The van der Waals surface area contributed by atoms with E-state index in [4.69, 9.17) is 21.1 Å². The summed E-state index contributed by atoms with van der Waals surface area (Å²) in [5, 5.41) is 5.72. The molecule has 1 aromatic heterocycles. The molecule has 2 fully saturated rings. The molecule has 0 radical (unpaired) electrons. The topological polar surface area (TPSA) is 97.0 Å². The van der Waals surface area contributed by atoms with Crippen LogP contribution in [-0.2, 0) is 19.1 Å². The Kier molecular flexibility index (Phi) is 6.29. The van der Waals surface area contributed by atoms with Crippen LogP contribution < -0.4 is 15.5 Å². The van der Waals surface area contributed by atoms with Crippen LogP contribution >= 0.6 is 22.9 Å². The fourth-order valence-electron chi connectivity index (χ4n) is 3.67. The van der Waals surface area contributed by atoms with Gasteiger partial charge in [-0.25, -0.2) is 0 Å². The number of rotatable bonds is 5. The fourth-order valence-corrected chi connectivity index (χ4v) is 4.61. The second-order valence-electron chi connectivity index (χ2n) is 7.50. The summed E-state index contributed by atoms with van der Waals surface area (Å²) in [5.74, 6) is -0.810. The van der Waals surface area contributed by atoms with Crippen LogP contribution in [0.3, 0.4) is 0 Å². The summed E-state index contributed by atoms with van der Waals surface area (Å²) < 4.78 is 11.1. The van der Waals surface area contributed by atoms with E-state index < -0.39 is 5.54 Å². The number of hydrogen-bond donors (Lipinski definition) is 2. The van der Waals surface area contributed by atoms with Gasteiger partial charge in [-0.2, -0.15) is 0 Å². The standard InChI is InChI=1S/C21H22ClN3O5S/c1-13-10-14(2-3-15(13)25-7-9-29-11-18(25)26)23-20(28)21(6-8-30-12-21)24-19(27)16-4-5-17(22)31-16/h2-5,10H,6-9,11-12H2,1H3,(H,23,28)(H,24,27)/t21-/m1/s1. The lowest BCUT2D eigenvalue weighted by atomic mass is 9.96. The lowest BCUT2D eigenvalue weighted by molar-refractivity contribution is -0.125. The summed E-state index contributed by atoms with van der Waals surface area (Å²) in [7, 11) is 0. The fraction of sp³-hybridized carbons (Fsp3) is 0.381. The maximum absolute atomic E-state index is 13.1. The largest absolute Gasteiger partial charge is 0.378 e. The van der Waals surface area contributed by atoms with Crippen LogP contribution in [0.15, 0.2) is 30.3 Å². The first-order chi connectivity index (χ1) is 14.9. The molecule has 164 valence electrons. The van der Waals surface area contributed by atoms with Crippen molar-refractivity contribution in [3.05, 3.63) is 45.1 Å². The Bertz CT molecular complexity index is 1020. The van der Waals surface area contributed by atoms with Crippen LogP contribution in [0.4, 0.5) is 11.4 Å². The van der Waals surface area contributed by atoms with Crippen molar-refractivity contribution in [2.45, 2.75) is 18.9 Å². The number of carbonyl (C=O) groups is 3. The van der Waals surface area contributed by atoms with Crippen LogP contribution in [0.1, 0.15) is 21.7 Å². The van der Waals surface area contributed by atoms with Gasteiger partial charge in [0.2, 0.25) is 0 Å². The predicted octanol–water partition coefficient (Wildman–Crippen LogP) is 2.60. The second kappa shape index (κ2) is 8.96. The zero-order valence-electron chi connectivity index (χ0n) is 16.9. The highest BCUT2D eigenvalue weighted by molar-refractivity contribution is 7.18. The Balaban J connectivity index is 1.49. The molecule has 3 amide bonds. The molecule has 0 aliphatic carbocycles. The highest BCUT2D eigenvalue weighted by atomic mass is 35.5. The van der Waals surface area contributed by atoms with E-state index in [0.717, 1.165) is 22.6 Å². The number of amides is 3. The SMILES string of the molecule is Cc1cc(NC(=O)[C@@]2(NC(=O)c3ccc(Cl)s3)CCOC2)ccc1N1CCOCC1=O. The molecular formula is C21H22ClN3O5S. The number of carbonyl (C=O) groups excluding carboxylic acids is 3. The summed E-state index contributed by atoms with van der Waals surface area (Å²) in [6.45, 7) is 3.38. The van der Waals surface area contributed by atoms with E-state index in [1.54, 1.807) is 35.2 Å². The van der Waals surface area contributed by atoms with Crippen LogP contribution in [0.25, 0.3) is 0 Å². The average Bonchev–Trinajstić information content (AvgIpc) is 3.39. The molecule has 2 N–H and O–H groups in total. The lowest BCUT2D eigenvalue weighted by Gasteiger charge is -2.29. The number of halogens is 1. The summed E-state index contributed by atoms with van der Waals surface area (Å²) in [4.78, 5) is 40.0. The normalized spacial score (nSPS) is 21.2. The van der Waals surface area contributed by atoms with E-state index in [1.165, 1.54) is 0 Å². The molecule has 2 saturated heterocycles. The number of benzene rings is 1. The number of anilines is 2. The van der Waals surface area contributed by atoms with Gasteiger partial charge in [-0.15, -0.1) is 11.3 Å². The Morgan fingerprint density at radius 1 is 1.19 bits per heavy atom. The van der Waals surface area contributed by atoms with Gasteiger partial charge in [0.15, 0.2) is 0 Å². The van der Waals surface area contributed by atoms with E-state index in [1.807, 2.05) is 6.92 Å². The minimum Gasteiger partial charge on any atom is -0.378 e. The quantitative estimate of drug-likeness (QED) is 0.710. The smallest absolute Gasteiger partial charge is 0.262 e. The Hall–Kier alpha value is -2.46. The van der Waals surface area contributed by atoms with Crippen molar-refractivity contribution in [1.29, 1.82) is 0 Å². The maximum atomic E-state index is 13.1. The zero-order chi connectivity index (χ0) is 22.0. The summed E-state index contributed by atoms with van der Waals surface area (Å²) in [5.41, 5.74) is 1.04. The highest BCUT2D eigenvalue weighted by Gasteiger charge is 2.44. The van der Waals surface area contributed by atoms with Crippen molar-refractivity contribution >= 4 is 52.0 Å². The first-order valence-corrected chi connectivity index (χ1v) is 11.0. The van der Waals surface area contributed by atoms with Crippen LogP contribution in [-0.4, -0.2) is 56.2 Å². The molecule has 2 aliphatic heterocycles. The second-order valence-corrected chi connectivity index (χ2v) is 9.21. The lowest BCUT2D eigenvalue weighted by Crippen LogP contribution is -2.57. The Labute approximate surface area is 188 Å². The molecule has 10 heteroatoms. The predicted molar refractivity (Wildman–Crippen MR) is 118 cm³/mol. The number of nitrogens with zero attached hydrogens (tertiary/aromatic N) is 1. The van der Waals surface area contributed by atoms with Gasteiger partial charge in [0.25, 0.3) is 17.7 Å². The van der Waals surface area contributed by atoms with E-state index in [0.29, 0.717) is 41.1 Å². The van der Waals surface area contributed by atoms with Crippen LogP contribution in [0.2, 0.25) is 4.34 Å². The van der Waals surface area contributed by atoms with E-state index in [9.17, 15) is 14.4 Å². The van der Waals surface area contributed by atoms with E-state index >= 15 is 0 Å². The molecular weight excluding hydrogens is 442 g/mol. The summed E-state index contributed by atoms with van der Waals surface area (Å²) in [6.07, 6.45) is 0.364. The minimum absolute atomic E-state index is 0.0651. The van der Waals surface area contributed by atoms with Crippen molar-refractivity contribution in [2.24, 2.45) is 0 Å². The molecule has 1 aromatic carbocycles. The van der Waals surface area contributed by atoms with Gasteiger partial charge in [0.1, 0.15) is 12.1 Å². The van der Waals surface area contributed by atoms with Gasteiger partial charge < -0.3 is 25.0 Å². The third kappa shape index (κ3) is 4.59. The van der Waals surface area contributed by atoms with Crippen LogP contribution in [0, 0.1) is 6.92 Å². The van der Waals surface area contributed by atoms with Gasteiger partial charge in [-0.3, -0.25) is 14.4 Å². The number of hydrogen-bond acceptors (Lipinski definition) is 6. The highest BCUT2D eigenvalue weighted by Crippen LogP contribution is 2.28. The Morgan fingerprint density at radius 3 is 2.68 bits per heavy atom. The van der Waals surface area contributed by atoms with Crippen molar-refractivity contribution in [2.75, 3.05) is 43.2 Å². The van der Waals surface area contributed by atoms with Gasteiger partial charge in [0.05, 0.1) is 22.4 Å². The third-order valence-electron chi connectivity index (χ3n) is 5.34. The monoisotopic (exact) mass is 463 g/mol. The molecule has 8 nitrogen and oxygen atoms in total. The molecule has 0 spiro atoms. The van der Waals surface area contributed by atoms with E-state index in [-0.39, 0.29) is 30.9 Å². The molecule has 2 aliphatic rings. The third-order valence-corrected chi connectivity index (χ3v) is 6.57. The van der Waals surface area contributed by atoms with Crippen LogP contribution in [0.5, 0.6) is 0 Å². The average molecular weight is 464 g/mol. The molecule has 3 heterocycles. The molecule has 0 saturated carbocycles. The maximum Gasteiger partial charge on any atom is 0.262 e. The van der Waals surface area contributed by atoms with Gasteiger partial charge in [0, 0.05) is 30.9 Å². The van der Waals surface area contributed by atoms with E-state index in [2.05, 4.69) is 10.6 Å². The number of aryl methyl sites for hydroxylation is 1. The first-order valence-electron chi connectivity index (χ1n) is 9.84. The number of ether oxygens (including phenoxy) is 2.